The molecule has 55 heavy (non-hydrogen) atoms. The van der Waals surface area contributed by atoms with E-state index >= 15 is 0 Å². The minimum Gasteiger partial charge on any atom is -0.493 e. The van der Waals surface area contributed by atoms with Crippen LogP contribution in [0.25, 0.3) is 6.08 Å². The van der Waals surface area contributed by atoms with Gasteiger partial charge < -0.3 is 37.9 Å². The molecule has 286 valence electrons. The highest BCUT2D eigenvalue weighted by Crippen LogP contribution is 2.42. The topological polar surface area (TPSA) is 90.9 Å². The van der Waals surface area contributed by atoms with E-state index in [2.05, 4.69) is 0 Å². The molecule has 0 spiro atoms. The maximum atomic E-state index is 11.5. The van der Waals surface area contributed by atoms with Gasteiger partial charge in [-0.25, -0.2) is 0 Å². The van der Waals surface area contributed by atoms with Gasteiger partial charge in [-0.15, -0.1) is 0 Å². The number of ether oxygens (including phenoxy) is 8. The van der Waals surface area contributed by atoms with Crippen LogP contribution < -0.4 is 14.2 Å². The van der Waals surface area contributed by atoms with Gasteiger partial charge in [-0.3, -0.25) is 4.79 Å². The van der Waals surface area contributed by atoms with Gasteiger partial charge in [0.1, 0.15) is 24.4 Å². The zero-order valence-corrected chi connectivity index (χ0v) is 31.6. The first kappa shape index (κ1) is 39.7. The molecule has 0 saturated carbocycles. The lowest BCUT2D eigenvalue weighted by Crippen LogP contribution is -2.62. The van der Waals surface area contributed by atoms with E-state index in [1.807, 2.05) is 121 Å². The molecular weight excluding hydrogens is 720 g/mol. The predicted molar refractivity (Wildman–Crippen MR) is 210 cm³/mol. The molecule has 0 bridgehead atoms. The van der Waals surface area contributed by atoms with Gasteiger partial charge in [0.15, 0.2) is 11.5 Å². The normalized spacial score (nSPS) is 19.6. The first-order valence-electron chi connectivity index (χ1n) is 18.0. The number of methoxy groups -OCH3 is 2. The maximum absolute atomic E-state index is 11.5. The molecule has 0 N–H and O–H groups in total. The first-order valence-corrected chi connectivity index (χ1v) is 18.4. The van der Waals surface area contributed by atoms with Crippen molar-refractivity contribution in [3.63, 3.8) is 0 Å². The molecule has 5 atom stereocenters. The number of halogens is 1. The van der Waals surface area contributed by atoms with Gasteiger partial charge in [-0.05, 0) is 63.7 Å². The van der Waals surface area contributed by atoms with Crippen molar-refractivity contribution in [1.29, 1.82) is 0 Å². The fourth-order valence-electron chi connectivity index (χ4n) is 6.23. The summed E-state index contributed by atoms with van der Waals surface area (Å²) in [6, 6.07) is 43.1. The Hall–Kier alpha value is -5.00. The molecule has 5 aromatic carbocycles. The lowest BCUT2D eigenvalue weighted by atomic mass is 9.97. The standard InChI is InChI=1S/C45H45ClO9/c1-48-37-25-36(23-24-40(46)47)26-38(49-2)41(37)55-45-44(53-30-35-21-13-6-14-22-35)43(52-29-34-19-11-5-12-20-34)42(51-28-33-17-9-4-10-18-33)39(54-45)31-50-27-32-15-7-3-8-16-32/h3-26,39,42-45H,27-31H2,1-2H3/t39-,42+,43+,44-,45+/m1/s1. The third-order valence-corrected chi connectivity index (χ3v) is 9.09. The summed E-state index contributed by atoms with van der Waals surface area (Å²) in [5.41, 5.74) is 4.57. The van der Waals surface area contributed by atoms with Gasteiger partial charge >= 0.3 is 0 Å². The molecule has 1 aliphatic rings. The summed E-state index contributed by atoms with van der Waals surface area (Å²) in [6.45, 7) is 1.34. The average Bonchev–Trinajstić information content (AvgIpc) is 3.23. The fourth-order valence-corrected chi connectivity index (χ4v) is 6.30. The molecule has 0 amide bonds. The third kappa shape index (κ3) is 11.5. The molecule has 1 fully saturated rings. The number of benzene rings is 5. The smallest absolute Gasteiger partial charge is 0.245 e. The van der Waals surface area contributed by atoms with Gasteiger partial charge in [0, 0.05) is 0 Å². The molecule has 0 radical (unpaired) electrons. The van der Waals surface area contributed by atoms with Gasteiger partial charge in [-0.2, -0.15) is 0 Å². The second kappa shape index (κ2) is 20.6. The summed E-state index contributed by atoms with van der Waals surface area (Å²) < 4.78 is 51.9. The van der Waals surface area contributed by atoms with Crippen LogP contribution in [0.1, 0.15) is 27.8 Å². The van der Waals surface area contributed by atoms with Crippen LogP contribution in [0.5, 0.6) is 17.2 Å². The second-order valence-corrected chi connectivity index (χ2v) is 13.2. The lowest BCUT2D eigenvalue weighted by Gasteiger charge is -2.45. The Bertz CT molecular complexity index is 1900. The number of allylic oxidation sites excluding steroid dienone is 1. The van der Waals surface area contributed by atoms with Crippen molar-refractivity contribution in [2.24, 2.45) is 0 Å². The van der Waals surface area contributed by atoms with E-state index in [1.165, 1.54) is 20.3 Å². The van der Waals surface area contributed by atoms with E-state index < -0.39 is 35.9 Å². The summed E-state index contributed by atoms with van der Waals surface area (Å²) in [5, 5.41) is -0.613. The molecule has 1 aliphatic heterocycles. The third-order valence-electron chi connectivity index (χ3n) is 8.96. The number of rotatable bonds is 19. The number of hydrogen-bond acceptors (Lipinski definition) is 9. The Balaban J connectivity index is 1.39. The van der Waals surface area contributed by atoms with Gasteiger partial charge in [-0.1, -0.05) is 121 Å². The van der Waals surface area contributed by atoms with Crippen molar-refractivity contribution in [2.45, 2.75) is 57.1 Å². The van der Waals surface area contributed by atoms with Crippen molar-refractivity contribution in [3.05, 3.63) is 167 Å². The molecule has 5 aromatic rings. The summed E-state index contributed by atoms with van der Waals surface area (Å²) in [7, 11) is 3.04. The van der Waals surface area contributed by atoms with Crippen LogP contribution in [-0.2, 0) is 54.9 Å². The highest BCUT2D eigenvalue weighted by molar-refractivity contribution is 6.66. The quantitative estimate of drug-likeness (QED) is 0.0606. The van der Waals surface area contributed by atoms with E-state index in [4.69, 9.17) is 49.5 Å². The minimum absolute atomic E-state index is 0.162. The van der Waals surface area contributed by atoms with Crippen molar-refractivity contribution in [2.75, 3.05) is 20.8 Å². The Morgan fingerprint density at radius 1 is 0.618 bits per heavy atom. The second-order valence-electron chi connectivity index (χ2n) is 12.8. The van der Waals surface area contributed by atoms with Crippen LogP contribution >= 0.6 is 11.6 Å². The number of hydrogen-bond donors (Lipinski definition) is 0. The van der Waals surface area contributed by atoms with Crippen LogP contribution in [0, 0.1) is 0 Å². The molecule has 6 rings (SSSR count). The lowest BCUT2D eigenvalue weighted by molar-refractivity contribution is -0.310. The zero-order chi connectivity index (χ0) is 38.2. The Labute approximate surface area is 327 Å². The monoisotopic (exact) mass is 764 g/mol. The Morgan fingerprint density at radius 2 is 1.05 bits per heavy atom. The number of carbonyl (C=O) groups is 1. The van der Waals surface area contributed by atoms with E-state index in [0.29, 0.717) is 30.3 Å². The molecule has 9 nitrogen and oxygen atoms in total. The summed E-state index contributed by atoms with van der Waals surface area (Å²) in [4.78, 5) is 11.5. The van der Waals surface area contributed by atoms with E-state index in [-0.39, 0.29) is 25.6 Å². The van der Waals surface area contributed by atoms with Crippen molar-refractivity contribution < 1.29 is 42.7 Å². The fraction of sp³-hybridized carbons (Fsp3) is 0.267. The summed E-state index contributed by atoms with van der Waals surface area (Å²) >= 11 is 5.58. The number of carbonyl (C=O) groups excluding carboxylic acids is 1. The van der Waals surface area contributed by atoms with Crippen molar-refractivity contribution in [3.8, 4) is 17.2 Å². The van der Waals surface area contributed by atoms with E-state index in [0.717, 1.165) is 22.3 Å². The Kier molecular flexibility index (Phi) is 14.9. The van der Waals surface area contributed by atoms with E-state index in [1.54, 1.807) is 18.2 Å². The van der Waals surface area contributed by atoms with Crippen molar-refractivity contribution >= 4 is 22.9 Å². The van der Waals surface area contributed by atoms with Crippen LogP contribution in [0.4, 0.5) is 0 Å². The average molecular weight is 765 g/mol. The summed E-state index contributed by atoms with van der Waals surface area (Å²) in [6.07, 6.45) is -1.08. The molecule has 10 heteroatoms. The minimum atomic E-state index is -1.06. The van der Waals surface area contributed by atoms with Crippen LogP contribution in [0.15, 0.2) is 140 Å². The molecular formula is C45H45ClO9. The van der Waals surface area contributed by atoms with Crippen LogP contribution in [0.2, 0.25) is 0 Å². The van der Waals surface area contributed by atoms with Crippen LogP contribution in [-0.4, -0.2) is 56.8 Å². The Morgan fingerprint density at radius 3 is 1.51 bits per heavy atom. The molecule has 0 unspecified atom stereocenters. The van der Waals surface area contributed by atoms with Crippen LogP contribution in [0.3, 0.4) is 0 Å². The van der Waals surface area contributed by atoms with Gasteiger partial charge in [0.25, 0.3) is 0 Å². The molecule has 0 aromatic heterocycles. The first-order chi connectivity index (χ1) is 27.0. The van der Waals surface area contributed by atoms with Gasteiger partial charge in [0.2, 0.25) is 17.3 Å². The highest BCUT2D eigenvalue weighted by Gasteiger charge is 2.50. The maximum Gasteiger partial charge on any atom is 0.245 e. The summed E-state index contributed by atoms with van der Waals surface area (Å²) in [5.74, 6) is 0.951. The molecule has 0 aliphatic carbocycles. The van der Waals surface area contributed by atoms with Gasteiger partial charge in [0.05, 0.1) is 47.3 Å². The molecule has 1 saturated heterocycles. The highest BCUT2D eigenvalue weighted by atomic mass is 35.5. The SMILES string of the molecule is COc1cc(C=CC(=O)Cl)cc(OC)c1O[C@@H]1O[C@H](COCc2ccccc2)[C@H](OCc2ccccc2)[C@H](OCc2ccccc2)[C@H]1OCc1ccccc1. The van der Waals surface area contributed by atoms with Crippen molar-refractivity contribution in [1.82, 2.24) is 0 Å². The molecule has 1 heterocycles. The zero-order valence-electron chi connectivity index (χ0n) is 30.8. The predicted octanol–water partition coefficient (Wildman–Crippen LogP) is 8.56. The van der Waals surface area contributed by atoms with E-state index in [9.17, 15) is 4.79 Å². The largest absolute Gasteiger partial charge is 0.493 e.